The molecule has 4 aromatic rings. The van der Waals surface area contributed by atoms with E-state index in [-0.39, 0.29) is 12.5 Å². The fraction of sp³-hybridized carbons (Fsp3) is 0.259. The number of nitrogen functional groups attached to an aromatic ring is 1. The highest BCUT2D eigenvalue weighted by Crippen LogP contribution is 2.26. The maximum absolute atomic E-state index is 12.9. The first kappa shape index (κ1) is 24.6. The Balaban J connectivity index is 1.59. The number of hydrogen-bond donors (Lipinski definition) is 4. The highest BCUT2D eigenvalue weighted by molar-refractivity contribution is 6.31. The van der Waals surface area contributed by atoms with Crippen molar-refractivity contribution in [3.8, 4) is 11.8 Å². The molecule has 0 fully saturated rings. The first-order chi connectivity index (χ1) is 16.9. The summed E-state index contributed by atoms with van der Waals surface area (Å²) < 4.78 is 0. The Labute approximate surface area is 209 Å². The fourth-order valence-corrected chi connectivity index (χ4v) is 4.24. The predicted octanol–water partition coefficient (Wildman–Crippen LogP) is 3.78. The second-order valence-electron chi connectivity index (χ2n) is 8.28. The van der Waals surface area contributed by atoms with Gasteiger partial charge in [0.1, 0.15) is 5.82 Å². The first-order valence-corrected chi connectivity index (χ1v) is 11.9. The van der Waals surface area contributed by atoms with Crippen molar-refractivity contribution in [2.24, 2.45) is 0 Å². The van der Waals surface area contributed by atoms with E-state index in [9.17, 15) is 9.90 Å². The van der Waals surface area contributed by atoms with Gasteiger partial charge in [0.05, 0.1) is 22.7 Å². The highest BCUT2D eigenvalue weighted by atomic mass is 35.5. The minimum atomic E-state index is -0.642. The lowest BCUT2D eigenvalue weighted by molar-refractivity contribution is 0.0871. The van der Waals surface area contributed by atoms with Gasteiger partial charge in [-0.3, -0.25) is 4.79 Å². The fourth-order valence-electron chi connectivity index (χ4n) is 4.07. The number of pyridine rings is 1. The monoisotopic (exact) mass is 489 g/mol. The summed E-state index contributed by atoms with van der Waals surface area (Å²) in [5.41, 5.74) is 8.65. The molecule has 5 N–H and O–H groups in total. The number of amides is 1. The number of rotatable bonds is 7. The van der Waals surface area contributed by atoms with Crippen LogP contribution in [0.4, 0.5) is 5.82 Å². The van der Waals surface area contributed by atoms with Crippen LogP contribution >= 0.6 is 11.6 Å². The number of aliphatic hydroxyl groups is 1. The number of benzene rings is 2. The van der Waals surface area contributed by atoms with Crippen LogP contribution < -0.4 is 11.1 Å². The zero-order valence-corrected chi connectivity index (χ0v) is 20.5. The lowest BCUT2D eigenvalue weighted by atomic mass is 10.0. The van der Waals surface area contributed by atoms with E-state index in [4.69, 9.17) is 17.3 Å². The van der Waals surface area contributed by atoms with Gasteiger partial charge in [0.25, 0.3) is 5.91 Å². The third kappa shape index (κ3) is 5.41. The van der Waals surface area contributed by atoms with Gasteiger partial charge < -0.3 is 26.0 Å². The molecule has 0 aliphatic carbocycles. The zero-order valence-electron chi connectivity index (χ0n) is 19.7. The summed E-state index contributed by atoms with van der Waals surface area (Å²) in [6, 6.07) is 10.9. The molecule has 0 aliphatic heterocycles. The van der Waals surface area contributed by atoms with Crippen LogP contribution in [0, 0.1) is 11.8 Å². The lowest BCUT2D eigenvalue weighted by Gasteiger charge is -2.22. The van der Waals surface area contributed by atoms with Crippen molar-refractivity contribution in [2.75, 3.05) is 31.9 Å². The Bertz CT molecular complexity index is 1430. The molecule has 2 heterocycles. The summed E-state index contributed by atoms with van der Waals surface area (Å²) >= 11 is 6.19. The van der Waals surface area contributed by atoms with Crippen molar-refractivity contribution in [2.45, 2.75) is 20.0 Å². The van der Waals surface area contributed by atoms with Crippen LogP contribution in [-0.4, -0.2) is 58.2 Å². The number of carbonyl (C=O) groups is 1. The molecule has 0 saturated heterocycles. The van der Waals surface area contributed by atoms with Crippen molar-refractivity contribution in [1.29, 1.82) is 0 Å². The van der Waals surface area contributed by atoms with Gasteiger partial charge in [0.2, 0.25) is 0 Å². The average molecular weight is 490 g/mol. The number of aromatic nitrogens is 2. The number of fused-ring (bicyclic) bond motifs is 2. The van der Waals surface area contributed by atoms with Gasteiger partial charge in [0.15, 0.2) is 0 Å². The van der Waals surface area contributed by atoms with Gasteiger partial charge >= 0.3 is 0 Å². The summed E-state index contributed by atoms with van der Waals surface area (Å²) in [5.74, 6) is 6.41. The van der Waals surface area contributed by atoms with Crippen molar-refractivity contribution in [3.63, 3.8) is 0 Å². The minimum Gasteiger partial charge on any atom is -0.390 e. The molecule has 0 radical (unpaired) electrons. The van der Waals surface area contributed by atoms with Crippen molar-refractivity contribution >= 4 is 45.0 Å². The SMILES string of the molecule is CCN(CC)CC(O)CNC(=O)c1ccc(C#Cc2c(N)ncc3ccc(Cl)cc23)c2cc[nH]c12. The van der Waals surface area contributed by atoms with Crippen molar-refractivity contribution < 1.29 is 9.90 Å². The third-order valence-corrected chi connectivity index (χ3v) is 6.27. The number of carbonyl (C=O) groups excluding carboxylic acids is 1. The second kappa shape index (κ2) is 10.8. The number of halogens is 1. The highest BCUT2D eigenvalue weighted by Gasteiger charge is 2.15. The molecular formula is C27H28ClN5O2. The van der Waals surface area contributed by atoms with E-state index in [1.54, 1.807) is 24.5 Å². The van der Waals surface area contributed by atoms with Gasteiger partial charge in [-0.25, -0.2) is 4.98 Å². The number of anilines is 1. The number of likely N-dealkylation sites (N-methyl/N-ethyl adjacent to an activating group) is 1. The maximum Gasteiger partial charge on any atom is 0.253 e. The molecule has 4 rings (SSSR count). The third-order valence-electron chi connectivity index (χ3n) is 6.04. The number of aliphatic hydroxyl groups excluding tert-OH is 1. The quantitative estimate of drug-likeness (QED) is 0.295. The Kier molecular flexibility index (Phi) is 7.57. The van der Waals surface area contributed by atoms with Crippen LogP contribution in [0.25, 0.3) is 21.7 Å². The van der Waals surface area contributed by atoms with Crippen LogP contribution in [0.5, 0.6) is 0 Å². The first-order valence-electron chi connectivity index (χ1n) is 11.6. The molecule has 180 valence electrons. The largest absolute Gasteiger partial charge is 0.390 e. The molecule has 0 bridgehead atoms. The maximum atomic E-state index is 12.9. The molecule has 7 nitrogen and oxygen atoms in total. The van der Waals surface area contributed by atoms with E-state index < -0.39 is 6.10 Å². The van der Waals surface area contributed by atoms with Crippen LogP contribution in [0.3, 0.4) is 0 Å². The Morgan fingerprint density at radius 2 is 2.00 bits per heavy atom. The van der Waals surface area contributed by atoms with Crippen molar-refractivity contribution in [3.05, 3.63) is 70.5 Å². The Hall–Kier alpha value is -3.57. The van der Waals surface area contributed by atoms with E-state index >= 15 is 0 Å². The van der Waals surface area contributed by atoms with Gasteiger partial charge in [-0.1, -0.05) is 43.4 Å². The molecule has 0 saturated carbocycles. The number of nitrogens with zero attached hydrogens (tertiary/aromatic N) is 2. The van der Waals surface area contributed by atoms with E-state index in [1.807, 2.05) is 38.1 Å². The van der Waals surface area contributed by atoms with Gasteiger partial charge in [0, 0.05) is 52.2 Å². The minimum absolute atomic E-state index is 0.176. The second-order valence-corrected chi connectivity index (χ2v) is 8.71. The van der Waals surface area contributed by atoms with E-state index in [0.717, 1.165) is 34.8 Å². The predicted molar refractivity (Wildman–Crippen MR) is 142 cm³/mol. The van der Waals surface area contributed by atoms with Crippen LogP contribution in [-0.2, 0) is 0 Å². The normalized spacial score (nSPS) is 12.0. The summed E-state index contributed by atoms with van der Waals surface area (Å²) in [4.78, 5) is 22.4. The molecule has 8 heteroatoms. The average Bonchev–Trinajstić information content (AvgIpc) is 3.35. The van der Waals surface area contributed by atoms with Crippen LogP contribution in [0.1, 0.15) is 35.3 Å². The topological polar surface area (TPSA) is 107 Å². The lowest BCUT2D eigenvalue weighted by Crippen LogP contribution is -2.40. The van der Waals surface area contributed by atoms with E-state index in [1.165, 1.54) is 0 Å². The number of nitrogens with two attached hydrogens (primary N) is 1. The molecule has 2 aromatic heterocycles. The molecular weight excluding hydrogens is 462 g/mol. The number of hydrogen-bond acceptors (Lipinski definition) is 5. The Morgan fingerprint density at radius 1 is 1.20 bits per heavy atom. The van der Waals surface area contributed by atoms with Gasteiger partial charge in [-0.2, -0.15) is 0 Å². The molecule has 0 spiro atoms. The van der Waals surface area contributed by atoms with Crippen molar-refractivity contribution in [1.82, 2.24) is 20.2 Å². The zero-order chi connectivity index (χ0) is 24.9. The number of nitrogens with one attached hydrogen (secondary N) is 2. The smallest absolute Gasteiger partial charge is 0.253 e. The summed E-state index contributed by atoms with van der Waals surface area (Å²) in [6.45, 7) is 6.47. The summed E-state index contributed by atoms with van der Waals surface area (Å²) in [7, 11) is 0. The molecule has 2 aromatic carbocycles. The van der Waals surface area contributed by atoms with Crippen LogP contribution in [0.15, 0.2) is 48.8 Å². The Morgan fingerprint density at radius 3 is 2.77 bits per heavy atom. The molecule has 35 heavy (non-hydrogen) atoms. The van der Waals surface area contributed by atoms with E-state index in [2.05, 4.69) is 32.0 Å². The number of H-pyrrole nitrogens is 1. The summed E-state index contributed by atoms with van der Waals surface area (Å²) in [6.07, 6.45) is 2.83. The number of aromatic amines is 1. The van der Waals surface area contributed by atoms with Gasteiger partial charge in [-0.05, 0) is 43.4 Å². The molecule has 0 aliphatic rings. The molecule has 1 atom stereocenters. The van der Waals surface area contributed by atoms with E-state index in [0.29, 0.717) is 34.0 Å². The standard InChI is InChI=1S/C27H28ClN5O2/c1-3-33(4-2)16-20(34)15-32-27(35)23-10-7-17(21-11-12-30-25(21)23)6-9-22-24-13-19(28)8-5-18(24)14-31-26(22)29/h5,7-8,10-14,20,30,34H,3-4,15-16H2,1-2H3,(H2,29,31)(H,32,35). The molecule has 1 amide bonds. The summed E-state index contributed by atoms with van der Waals surface area (Å²) in [5, 5.41) is 16.3. The molecule has 1 unspecified atom stereocenters. The van der Waals surface area contributed by atoms with Crippen LogP contribution in [0.2, 0.25) is 5.02 Å². The van der Waals surface area contributed by atoms with Gasteiger partial charge in [-0.15, -0.1) is 0 Å².